The molecule has 0 aliphatic carbocycles. The Hall–Kier alpha value is -6.30. The molecule has 0 saturated heterocycles. The molecule has 49 heavy (non-hydrogen) atoms. The highest BCUT2D eigenvalue weighted by Crippen LogP contribution is 2.46. The van der Waals surface area contributed by atoms with Crippen molar-refractivity contribution in [1.82, 2.24) is 19.9 Å². The van der Waals surface area contributed by atoms with Crippen LogP contribution in [0.1, 0.15) is 0 Å². The van der Waals surface area contributed by atoms with Gasteiger partial charge in [-0.05, 0) is 22.9 Å². The van der Waals surface area contributed by atoms with Crippen molar-refractivity contribution in [3.63, 3.8) is 0 Å². The molecular weight excluding hydrogens is 617 g/mol. The van der Waals surface area contributed by atoms with Crippen LogP contribution in [-0.2, 0) is 0 Å². The van der Waals surface area contributed by atoms with E-state index >= 15 is 0 Å². The number of pyridine rings is 1. The minimum atomic E-state index is 0.622. The molecule has 4 nitrogen and oxygen atoms in total. The molecule has 5 heteroatoms. The third kappa shape index (κ3) is 4.51. The number of benzene rings is 7. The summed E-state index contributed by atoms with van der Waals surface area (Å²) in [5, 5.41) is 8.46. The lowest BCUT2D eigenvalue weighted by Gasteiger charge is -2.14. The molecule has 0 amide bonds. The van der Waals surface area contributed by atoms with E-state index in [0.29, 0.717) is 17.5 Å². The van der Waals surface area contributed by atoms with Crippen molar-refractivity contribution in [3.8, 4) is 45.4 Å². The largest absolute Gasteiger partial charge is 0.246 e. The lowest BCUT2D eigenvalue weighted by Crippen LogP contribution is -2.00. The van der Waals surface area contributed by atoms with Crippen molar-refractivity contribution >= 4 is 64.0 Å². The van der Waals surface area contributed by atoms with Crippen LogP contribution in [0.25, 0.3) is 98.0 Å². The van der Waals surface area contributed by atoms with Gasteiger partial charge in [-0.3, -0.25) is 0 Å². The van der Waals surface area contributed by atoms with Gasteiger partial charge < -0.3 is 0 Å². The zero-order chi connectivity index (χ0) is 32.3. The summed E-state index contributed by atoms with van der Waals surface area (Å²) in [6, 6.07) is 54.8. The normalized spacial score (nSPS) is 11.7. The van der Waals surface area contributed by atoms with Crippen LogP contribution in [0, 0.1) is 0 Å². The second-order valence-electron chi connectivity index (χ2n) is 12.2. The summed E-state index contributed by atoms with van der Waals surface area (Å²) in [6.45, 7) is 0. The number of aromatic nitrogens is 4. The second kappa shape index (κ2) is 11.2. The van der Waals surface area contributed by atoms with Gasteiger partial charge in [-0.1, -0.05) is 146 Å². The van der Waals surface area contributed by atoms with Gasteiger partial charge in [0, 0.05) is 58.6 Å². The van der Waals surface area contributed by atoms with Crippen LogP contribution in [0.5, 0.6) is 0 Å². The first-order valence-corrected chi connectivity index (χ1v) is 17.1. The zero-order valence-electron chi connectivity index (χ0n) is 26.2. The first kappa shape index (κ1) is 27.8. The molecule has 0 N–H and O–H groups in total. The van der Waals surface area contributed by atoms with Crippen molar-refractivity contribution in [2.45, 2.75) is 0 Å². The molecule has 0 unspecified atom stereocenters. The molecule has 0 fully saturated rings. The summed E-state index contributed by atoms with van der Waals surface area (Å²) < 4.78 is 2.55. The lowest BCUT2D eigenvalue weighted by atomic mass is 9.94. The molecule has 10 aromatic rings. The molecule has 0 aliphatic rings. The molecule has 0 spiro atoms. The van der Waals surface area contributed by atoms with Gasteiger partial charge in [-0.2, -0.15) is 0 Å². The standard InChI is InChI=1S/C44H26N4S/c1-3-14-27(15-4-1)42-46-43(28-16-5-2-6-17-28)48-44(47-42)30-19-13-18-29(26-30)39-33-22-9-7-20-31(33)37-32-21-8-10-23-34(32)41-38(40(37)45-39)35-24-11-12-25-36(35)49-41/h1-26H. The van der Waals surface area contributed by atoms with Gasteiger partial charge in [-0.15, -0.1) is 11.3 Å². The Labute approximate surface area is 286 Å². The van der Waals surface area contributed by atoms with E-state index in [1.165, 1.54) is 41.7 Å². The van der Waals surface area contributed by atoms with Crippen LogP contribution in [0.3, 0.4) is 0 Å². The van der Waals surface area contributed by atoms with Gasteiger partial charge in [0.25, 0.3) is 0 Å². The van der Waals surface area contributed by atoms with Crippen molar-refractivity contribution < 1.29 is 0 Å². The summed E-state index contributed by atoms with van der Waals surface area (Å²) in [6.07, 6.45) is 0. The average Bonchev–Trinajstić information content (AvgIpc) is 3.58. The number of thiophene rings is 1. The van der Waals surface area contributed by atoms with Gasteiger partial charge in [-0.25, -0.2) is 19.9 Å². The van der Waals surface area contributed by atoms with Gasteiger partial charge in [0.05, 0.1) is 11.2 Å². The molecule has 0 aliphatic heterocycles. The Morgan fingerprint density at radius 3 is 1.51 bits per heavy atom. The fourth-order valence-electron chi connectivity index (χ4n) is 7.05. The van der Waals surface area contributed by atoms with E-state index in [2.05, 4.69) is 97.1 Å². The van der Waals surface area contributed by atoms with E-state index in [1.807, 2.05) is 72.0 Å². The Morgan fingerprint density at radius 1 is 0.347 bits per heavy atom. The topological polar surface area (TPSA) is 51.6 Å². The van der Waals surface area contributed by atoms with Gasteiger partial charge in [0.1, 0.15) is 0 Å². The minimum Gasteiger partial charge on any atom is -0.246 e. The predicted octanol–water partition coefficient (Wildman–Crippen LogP) is 11.8. The third-order valence-electron chi connectivity index (χ3n) is 9.28. The maximum Gasteiger partial charge on any atom is 0.164 e. The summed E-state index contributed by atoms with van der Waals surface area (Å²) in [4.78, 5) is 20.5. The Balaban J connectivity index is 1.25. The molecule has 7 aromatic carbocycles. The van der Waals surface area contributed by atoms with Crippen molar-refractivity contribution in [3.05, 3.63) is 158 Å². The van der Waals surface area contributed by atoms with Gasteiger partial charge >= 0.3 is 0 Å². The van der Waals surface area contributed by atoms with Crippen LogP contribution < -0.4 is 0 Å². The third-order valence-corrected chi connectivity index (χ3v) is 10.5. The fourth-order valence-corrected chi connectivity index (χ4v) is 8.29. The summed E-state index contributed by atoms with van der Waals surface area (Å²) in [5.74, 6) is 1.90. The van der Waals surface area contributed by atoms with E-state index in [1.54, 1.807) is 0 Å². The highest BCUT2D eigenvalue weighted by molar-refractivity contribution is 7.27. The first-order valence-electron chi connectivity index (χ1n) is 16.3. The molecule has 228 valence electrons. The Bertz CT molecular complexity index is 2820. The first-order chi connectivity index (χ1) is 24.3. The van der Waals surface area contributed by atoms with Crippen LogP contribution in [0.4, 0.5) is 0 Å². The summed E-state index contributed by atoms with van der Waals surface area (Å²) >= 11 is 1.85. The van der Waals surface area contributed by atoms with Crippen molar-refractivity contribution in [2.24, 2.45) is 0 Å². The smallest absolute Gasteiger partial charge is 0.164 e. The number of hydrogen-bond donors (Lipinski definition) is 0. The Kier molecular flexibility index (Phi) is 6.32. The average molecular weight is 643 g/mol. The van der Waals surface area contributed by atoms with E-state index < -0.39 is 0 Å². The molecule has 0 bridgehead atoms. The molecule has 10 rings (SSSR count). The number of hydrogen-bond acceptors (Lipinski definition) is 5. The van der Waals surface area contributed by atoms with E-state index in [4.69, 9.17) is 19.9 Å². The quantitative estimate of drug-likeness (QED) is 0.179. The maximum absolute atomic E-state index is 5.59. The Morgan fingerprint density at radius 2 is 0.837 bits per heavy atom. The monoisotopic (exact) mass is 642 g/mol. The highest BCUT2D eigenvalue weighted by Gasteiger charge is 2.20. The van der Waals surface area contributed by atoms with Gasteiger partial charge in [0.2, 0.25) is 0 Å². The van der Waals surface area contributed by atoms with E-state index in [-0.39, 0.29) is 0 Å². The maximum atomic E-state index is 5.59. The van der Waals surface area contributed by atoms with Crippen LogP contribution >= 0.6 is 11.3 Å². The molecular formula is C44H26N4S. The lowest BCUT2D eigenvalue weighted by molar-refractivity contribution is 1.07. The van der Waals surface area contributed by atoms with E-state index in [0.717, 1.165) is 38.9 Å². The fraction of sp³-hybridized carbons (Fsp3) is 0. The molecule has 3 heterocycles. The zero-order valence-corrected chi connectivity index (χ0v) is 27.0. The van der Waals surface area contributed by atoms with Crippen LogP contribution in [-0.4, -0.2) is 19.9 Å². The van der Waals surface area contributed by atoms with Gasteiger partial charge in [0.15, 0.2) is 17.5 Å². The summed E-state index contributed by atoms with van der Waals surface area (Å²) in [7, 11) is 0. The predicted molar refractivity (Wildman–Crippen MR) is 205 cm³/mol. The van der Waals surface area contributed by atoms with Crippen LogP contribution in [0.2, 0.25) is 0 Å². The molecule has 0 radical (unpaired) electrons. The highest BCUT2D eigenvalue weighted by atomic mass is 32.1. The minimum absolute atomic E-state index is 0.622. The molecule has 3 aromatic heterocycles. The number of rotatable bonds is 4. The summed E-state index contributed by atoms with van der Waals surface area (Å²) in [5.41, 5.74) is 5.78. The van der Waals surface area contributed by atoms with Crippen LogP contribution in [0.15, 0.2) is 158 Å². The number of fused-ring (bicyclic) bond motifs is 10. The van der Waals surface area contributed by atoms with Crippen molar-refractivity contribution in [2.75, 3.05) is 0 Å². The SMILES string of the molecule is c1ccc(-c2nc(-c3ccccc3)nc(-c3cccc(-c4nc5c(c6ccccc46)c4ccccc4c4sc6ccccc6c54)c3)n2)cc1. The van der Waals surface area contributed by atoms with Crippen molar-refractivity contribution in [1.29, 1.82) is 0 Å². The second-order valence-corrected chi connectivity index (χ2v) is 13.2. The molecule has 0 saturated carbocycles. The van der Waals surface area contributed by atoms with E-state index in [9.17, 15) is 0 Å². The molecule has 0 atom stereocenters. The number of nitrogens with zero attached hydrogens (tertiary/aromatic N) is 4.